The van der Waals surface area contributed by atoms with Gasteiger partial charge in [-0.3, -0.25) is 0 Å². The summed E-state index contributed by atoms with van der Waals surface area (Å²) in [6.07, 6.45) is 1.03. The van der Waals surface area contributed by atoms with E-state index in [9.17, 15) is 0 Å². The highest BCUT2D eigenvalue weighted by atomic mass is 28.4. The molecule has 0 aliphatic rings. The molecule has 0 bridgehead atoms. The standard InChI is InChI=1S/C14H10.C6H16O3Si/c1-2-6-12-10-14-8-4-3-7-13(14)9-11(12)5-1;1-5-6-10(7-2,8-3)9-4/h1-10H;5-6H2,1-4H3. The second kappa shape index (κ2) is 8.94. The van der Waals surface area contributed by atoms with Crippen LogP contribution in [0.5, 0.6) is 0 Å². The molecular weight excluding hydrogens is 316 g/mol. The molecule has 4 heteroatoms. The van der Waals surface area contributed by atoms with Gasteiger partial charge in [-0.15, -0.1) is 0 Å². The van der Waals surface area contributed by atoms with Crippen LogP contribution in [0, 0.1) is 0 Å². The molecule has 3 rings (SSSR count). The predicted molar refractivity (Wildman–Crippen MR) is 103 cm³/mol. The fraction of sp³-hybridized carbons (Fsp3) is 0.300. The Bertz CT molecular complexity index is 656. The van der Waals surface area contributed by atoms with Crippen LogP contribution in [0.3, 0.4) is 0 Å². The van der Waals surface area contributed by atoms with Crippen LogP contribution in [0.25, 0.3) is 21.5 Å². The molecule has 0 N–H and O–H groups in total. The average Bonchev–Trinajstić information content (AvgIpc) is 2.65. The average molecular weight is 343 g/mol. The Balaban J connectivity index is 0.000000187. The van der Waals surface area contributed by atoms with E-state index < -0.39 is 8.80 Å². The Morgan fingerprint density at radius 1 is 0.667 bits per heavy atom. The van der Waals surface area contributed by atoms with Crippen molar-refractivity contribution in [3.63, 3.8) is 0 Å². The fourth-order valence-electron chi connectivity index (χ4n) is 2.75. The Labute approximate surface area is 145 Å². The molecule has 0 heterocycles. The third-order valence-electron chi connectivity index (χ3n) is 4.10. The minimum Gasteiger partial charge on any atom is -0.377 e. The van der Waals surface area contributed by atoms with Crippen molar-refractivity contribution in [2.24, 2.45) is 0 Å². The molecule has 0 amide bonds. The minimum atomic E-state index is -2.22. The summed E-state index contributed by atoms with van der Waals surface area (Å²) in [6, 6.07) is 22.3. The Kier molecular flexibility index (Phi) is 6.94. The summed E-state index contributed by atoms with van der Waals surface area (Å²) in [5, 5.41) is 5.25. The summed E-state index contributed by atoms with van der Waals surface area (Å²) in [4.78, 5) is 0. The SMILES string of the molecule is CCC[Si](OC)(OC)OC.c1ccc2cc3ccccc3cc2c1. The van der Waals surface area contributed by atoms with E-state index in [1.54, 1.807) is 21.3 Å². The topological polar surface area (TPSA) is 27.7 Å². The van der Waals surface area contributed by atoms with Crippen LogP contribution >= 0.6 is 0 Å². The summed E-state index contributed by atoms with van der Waals surface area (Å²) < 4.78 is 15.5. The lowest BCUT2D eigenvalue weighted by atomic mass is 10.0. The summed E-state index contributed by atoms with van der Waals surface area (Å²) in [6.45, 7) is 2.08. The smallest absolute Gasteiger partial charge is 0.377 e. The van der Waals surface area contributed by atoms with Gasteiger partial charge in [0, 0.05) is 27.4 Å². The maximum atomic E-state index is 5.17. The largest absolute Gasteiger partial charge is 0.500 e. The normalized spacial score (nSPS) is 11.3. The Morgan fingerprint density at radius 3 is 1.21 bits per heavy atom. The second-order valence-electron chi connectivity index (χ2n) is 5.59. The van der Waals surface area contributed by atoms with E-state index in [-0.39, 0.29) is 0 Å². The second-order valence-corrected chi connectivity index (χ2v) is 8.68. The molecule has 24 heavy (non-hydrogen) atoms. The van der Waals surface area contributed by atoms with E-state index in [0.717, 1.165) is 12.5 Å². The fourth-order valence-corrected chi connectivity index (χ4v) is 4.47. The van der Waals surface area contributed by atoms with Gasteiger partial charge in [-0.1, -0.05) is 61.9 Å². The van der Waals surface area contributed by atoms with Crippen molar-refractivity contribution in [2.75, 3.05) is 21.3 Å². The lowest BCUT2D eigenvalue weighted by Crippen LogP contribution is -2.42. The zero-order valence-corrected chi connectivity index (χ0v) is 15.9. The molecule has 3 aromatic rings. The van der Waals surface area contributed by atoms with E-state index >= 15 is 0 Å². The number of hydrogen-bond donors (Lipinski definition) is 0. The molecule has 0 aromatic heterocycles. The molecule has 0 atom stereocenters. The van der Waals surface area contributed by atoms with E-state index in [0.29, 0.717) is 0 Å². The summed E-state index contributed by atoms with van der Waals surface area (Å²) >= 11 is 0. The molecule has 128 valence electrons. The van der Waals surface area contributed by atoms with Crippen LogP contribution in [0.1, 0.15) is 13.3 Å². The molecule has 0 aliphatic heterocycles. The van der Waals surface area contributed by atoms with Crippen molar-refractivity contribution < 1.29 is 13.3 Å². The number of benzene rings is 3. The molecule has 0 unspecified atom stereocenters. The van der Waals surface area contributed by atoms with Crippen LogP contribution in [0.4, 0.5) is 0 Å². The first kappa shape index (κ1) is 18.6. The zero-order chi connectivity index (χ0) is 17.4. The number of hydrogen-bond acceptors (Lipinski definition) is 3. The summed E-state index contributed by atoms with van der Waals surface area (Å²) in [5.41, 5.74) is 0. The molecule has 0 saturated carbocycles. The maximum absolute atomic E-state index is 5.17. The zero-order valence-electron chi connectivity index (χ0n) is 14.9. The van der Waals surface area contributed by atoms with Crippen LogP contribution in [0.2, 0.25) is 6.04 Å². The molecule has 3 nitrogen and oxygen atoms in total. The monoisotopic (exact) mass is 342 g/mol. The van der Waals surface area contributed by atoms with Gasteiger partial charge in [-0.2, -0.15) is 0 Å². The molecule has 0 saturated heterocycles. The first-order valence-electron chi connectivity index (χ1n) is 8.21. The van der Waals surface area contributed by atoms with Crippen molar-refractivity contribution in [1.29, 1.82) is 0 Å². The van der Waals surface area contributed by atoms with Crippen molar-refractivity contribution in [3.8, 4) is 0 Å². The van der Waals surface area contributed by atoms with Gasteiger partial charge in [0.15, 0.2) is 0 Å². The van der Waals surface area contributed by atoms with E-state index in [1.165, 1.54) is 21.5 Å². The number of fused-ring (bicyclic) bond motifs is 2. The Hall–Kier alpha value is -1.72. The van der Waals surface area contributed by atoms with Gasteiger partial charge in [0.05, 0.1) is 0 Å². The van der Waals surface area contributed by atoms with Gasteiger partial charge in [0.1, 0.15) is 0 Å². The van der Waals surface area contributed by atoms with E-state index in [1.807, 2.05) is 0 Å². The molecular formula is C20H26O3Si. The van der Waals surface area contributed by atoms with Gasteiger partial charge in [0.2, 0.25) is 0 Å². The first-order chi connectivity index (χ1) is 11.7. The third kappa shape index (κ3) is 4.42. The van der Waals surface area contributed by atoms with E-state index in [2.05, 4.69) is 67.6 Å². The Morgan fingerprint density at radius 2 is 1.00 bits per heavy atom. The van der Waals surface area contributed by atoms with Gasteiger partial charge in [-0.25, -0.2) is 0 Å². The van der Waals surface area contributed by atoms with Crippen LogP contribution in [-0.2, 0) is 13.3 Å². The van der Waals surface area contributed by atoms with Gasteiger partial charge in [-0.05, 0) is 33.7 Å². The maximum Gasteiger partial charge on any atom is 0.500 e. The predicted octanol–water partition coefficient (Wildman–Crippen LogP) is 5.27. The highest BCUT2D eigenvalue weighted by Crippen LogP contribution is 2.22. The van der Waals surface area contributed by atoms with Crippen LogP contribution < -0.4 is 0 Å². The third-order valence-corrected chi connectivity index (χ3v) is 7.08. The highest BCUT2D eigenvalue weighted by molar-refractivity contribution is 6.60. The van der Waals surface area contributed by atoms with Gasteiger partial charge < -0.3 is 13.3 Å². The van der Waals surface area contributed by atoms with Crippen LogP contribution in [0.15, 0.2) is 60.7 Å². The van der Waals surface area contributed by atoms with E-state index in [4.69, 9.17) is 13.3 Å². The molecule has 0 aliphatic carbocycles. The lowest BCUT2D eigenvalue weighted by molar-refractivity contribution is 0.123. The summed E-state index contributed by atoms with van der Waals surface area (Å²) in [5.74, 6) is 0. The summed E-state index contributed by atoms with van der Waals surface area (Å²) in [7, 11) is 2.68. The number of rotatable bonds is 5. The molecule has 0 radical (unpaired) electrons. The lowest BCUT2D eigenvalue weighted by Gasteiger charge is -2.23. The first-order valence-corrected chi connectivity index (χ1v) is 10.1. The van der Waals surface area contributed by atoms with Gasteiger partial charge in [0.25, 0.3) is 0 Å². The van der Waals surface area contributed by atoms with Crippen molar-refractivity contribution >= 4 is 30.3 Å². The van der Waals surface area contributed by atoms with Crippen molar-refractivity contribution in [3.05, 3.63) is 60.7 Å². The molecule has 3 aromatic carbocycles. The van der Waals surface area contributed by atoms with Crippen LogP contribution in [-0.4, -0.2) is 30.1 Å². The molecule has 0 fully saturated rings. The molecule has 0 spiro atoms. The van der Waals surface area contributed by atoms with Gasteiger partial charge >= 0.3 is 8.80 Å². The van der Waals surface area contributed by atoms with Crippen molar-refractivity contribution in [1.82, 2.24) is 0 Å². The highest BCUT2D eigenvalue weighted by Gasteiger charge is 2.36. The minimum absolute atomic E-state index is 0.885. The van der Waals surface area contributed by atoms with Crippen molar-refractivity contribution in [2.45, 2.75) is 19.4 Å². The quantitative estimate of drug-likeness (QED) is 0.467.